The lowest BCUT2D eigenvalue weighted by molar-refractivity contribution is -0.140. The molecule has 6 rings (SSSR count). The molecule has 1 amide bonds. The minimum Gasteiger partial charge on any atom is -0.366 e. The first-order chi connectivity index (χ1) is 16.9. The Morgan fingerprint density at radius 3 is 2.22 bits per heavy atom. The summed E-state index contributed by atoms with van der Waals surface area (Å²) in [5.41, 5.74) is 2.17. The molecule has 4 bridgehead atoms. The second-order valence-electron chi connectivity index (χ2n) is 10.2. The highest BCUT2D eigenvalue weighted by atomic mass is 127. The zero-order chi connectivity index (χ0) is 26.0. The number of rotatable bonds is 5. The van der Waals surface area contributed by atoms with Crippen LogP contribution in [0.3, 0.4) is 0 Å². The molecular weight excluding hydrogens is 606 g/mol. The predicted octanol–water partition coefficient (Wildman–Crippen LogP) is 5.43. The van der Waals surface area contributed by atoms with Gasteiger partial charge >= 0.3 is 6.18 Å². The molecule has 0 aromatic heterocycles. The monoisotopic (exact) mass is 629 g/mol. The Hall–Kier alpha value is -2.33. The van der Waals surface area contributed by atoms with Crippen LogP contribution < -0.4 is 10.5 Å². The van der Waals surface area contributed by atoms with Gasteiger partial charge in [-0.25, -0.2) is 8.42 Å². The fourth-order valence-corrected chi connectivity index (χ4v) is 8.56. The highest BCUT2D eigenvalue weighted by molar-refractivity contribution is 14.1. The van der Waals surface area contributed by atoms with Gasteiger partial charge in [0.05, 0.1) is 33.7 Å². The second-order valence-corrected chi connectivity index (χ2v) is 13.1. The molecule has 0 radical (unpaired) electrons. The van der Waals surface area contributed by atoms with Crippen molar-refractivity contribution in [2.24, 2.45) is 29.4 Å². The van der Waals surface area contributed by atoms with Gasteiger partial charge < -0.3 is 5.73 Å². The van der Waals surface area contributed by atoms with Crippen molar-refractivity contribution in [3.05, 3.63) is 56.7 Å². The van der Waals surface area contributed by atoms with E-state index < -0.39 is 44.7 Å². The number of hydrogen-bond donors (Lipinski definition) is 2. The molecule has 3 unspecified atom stereocenters. The molecule has 3 atom stereocenters. The summed E-state index contributed by atoms with van der Waals surface area (Å²) in [6, 6.07) is 9.79. The number of halogens is 4. The quantitative estimate of drug-likeness (QED) is 0.430. The van der Waals surface area contributed by atoms with Gasteiger partial charge in [0.25, 0.3) is 15.9 Å². The summed E-state index contributed by atoms with van der Waals surface area (Å²) in [6.45, 7) is 0. The summed E-state index contributed by atoms with van der Waals surface area (Å²) in [5, 5.41) is 10.2. The van der Waals surface area contributed by atoms with Crippen LogP contribution in [0.15, 0.2) is 41.3 Å². The number of nitrogens with two attached hydrogens (primary N) is 1. The minimum absolute atomic E-state index is 0.0692. The molecule has 4 aliphatic rings. The van der Waals surface area contributed by atoms with E-state index in [4.69, 9.17) is 5.73 Å². The van der Waals surface area contributed by atoms with Gasteiger partial charge in [0.2, 0.25) is 0 Å². The van der Waals surface area contributed by atoms with Gasteiger partial charge in [-0.05, 0) is 114 Å². The first-order valence-corrected chi connectivity index (χ1v) is 14.1. The van der Waals surface area contributed by atoms with Crippen LogP contribution in [-0.4, -0.2) is 14.3 Å². The molecule has 0 spiro atoms. The summed E-state index contributed by atoms with van der Waals surface area (Å²) in [6.07, 6.45) is -1.73. The minimum atomic E-state index is -4.84. The van der Waals surface area contributed by atoms with Crippen molar-refractivity contribution in [3.8, 4) is 6.07 Å². The van der Waals surface area contributed by atoms with Crippen molar-refractivity contribution in [1.29, 1.82) is 5.26 Å². The van der Waals surface area contributed by atoms with Crippen LogP contribution in [0.2, 0.25) is 0 Å². The van der Waals surface area contributed by atoms with Crippen molar-refractivity contribution in [2.75, 3.05) is 4.72 Å². The normalized spacial score (nSPS) is 29.1. The fraction of sp³-hybridized carbons (Fsp3) is 0.440. The number of primary amides is 1. The van der Waals surface area contributed by atoms with E-state index in [0.717, 1.165) is 35.0 Å². The Balaban J connectivity index is 1.79. The molecule has 11 heteroatoms. The Bertz CT molecular complexity index is 1370. The topological polar surface area (TPSA) is 113 Å². The van der Waals surface area contributed by atoms with Gasteiger partial charge in [-0.1, -0.05) is 0 Å². The van der Waals surface area contributed by atoms with E-state index in [1.807, 2.05) is 22.6 Å². The zero-order valence-corrected chi connectivity index (χ0v) is 22.0. The number of anilines is 1. The molecule has 2 aromatic carbocycles. The number of nitrogens with zero attached hydrogens (tertiary/aromatic N) is 1. The average molecular weight is 629 g/mol. The molecule has 0 saturated heterocycles. The van der Waals surface area contributed by atoms with Gasteiger partial charge in [0.15, 0.2) is 0 Å². The highest BCUT2D eigenvalue weighted by Gasteiger charge is 2.60. The highest BCUT2D eigenvalue weighted by Crippen LogP contribution is 2.65. The summed E-state index contributed by atoms with van der Waals surface area (Å²) in [5.74, 6) is -1.56. The molecule has 4 fully saturated rings. The maximum Gasteiger partial charge on any atom is 0.416 e. The molecule has 4 saturated carbocycles. The molecule has 4 aliphatic carbocycles. The lowest BCUT2D eigenvalue weighted by Crippen LogP contribution is -2.55. The number of nitriles is 1. The number of carbonyl (C=O) groups is 1. The lowest BCUT2D eigenvalue weighted by atomic mass is 9.43. The maximum atomic E-state index is 14.5. The maximum absolute atomic E-state index is 14.5. The predicted molar refractivity (Wildman–Crippen MR) is 134 cm³/mol. The molecule has 0 aliphatic heterocycles. The van der Waals surface area contributed by atoms with Gasteiger partial charge in [-0.2, -0.15) is 18.4 Å². The van der Waals surface area contributed by atoms with Gasteiger partial charge in [-0.3, -0.25) is 9.52 Å². The van der Waals surface area contributed by atoms with E-state index in [-0.39, 0.29) is 33.8 Å². The SMILES string of the molecule is N#CC1C2CC3CC(C2)CC1(c1c(C(F)(F)F)ccc(C(N)=O)c1NS(=O)(=O)c1ccc(I)cc1)C3. The number of hydrogen-bond acceptors (Lipinski definition) is 4. The van der Waals surface area contributed by atoms with E-state index in [1.54, 1.807) is 12.1 Å². The molecule has 190 valence electrons. The number of nitrogens with one attached hydrogen (secondary N) is 1. The van der Waals surface area contributed by atoms with Crippen molar-refractivity contribution >= 4 is 44.2 Å². The summed E-state index contributed by atoms with van der Waals surface area (Å²) < 4.78 is 73.3. The van der Waals surface area contributed by atoms with E-state index >= 15 is 0 Å². The van der Waals surface area contributed by atoms with Crippen LogP contribution >= 0.6 is 22.6 Å². The molecule has 6 nitrogen and oxygen atoms in total. The summed E-state index contributed by atoms with van der Waals surface area (Å²) >= 11 is 2.01. The number of carbonyl (C=O) groups excluding carboxylic acids is 1. The Kier molecular flexibility index (Phi) is 6.06. The van der Waals surface area contributed by atoms with Gasteiger partial charge in [0.1, 0.15) is 0 Å². The van der Waals surface area contributed by atoms with Crippen molar-refractivity contribution in [2.45, 2.75) is 48.6 Å². The van der Waals surface area contributed by atoms with E-state index in [9.17, 15) is 31.6 Å². The van der Waals surface area contributed by atoms with Crippen LogP contribution in [-0.2, 0) is 21.6 Å². The summed E-state index contributed by atoms with van der Waals surface area (Å²) in [4.78, 5) is 12.3. The lowest BCUT2D eigenvalue weighted by Gasteiger charge is -2.60. The molecule has 2 aromatic rings. The molecular formula is C25H23F3IN3O3S. The number of benzene rings is 2. The summed E-state index contributed by atoms with van der Waals surface area (Å²) in [7, 11) is -4.38. The van der Waals surface area contributed by atoms with Gasteiger partial charge in [0, 0.05) is 8.99 Å². The number of sulfonamides is 1. The zero-order valence-electron chi connectivity index (χ0n) is 19.0. The van der Waals surface area contributed by atoms with Crippen LogP contribution in [0.5, 0.6) is 0 Å². The second kappa shape index (κ2) is 8.62. The van der Waals surface area contributed by atoms with E-state index in [2.05, 4.69) is 10.8 Å². The first-order valence-electron chi connectivity index (χ1n) is 11.6. The standard InChI is InChI=1S/C25H23F3IN3O3S/c26-25(27,28)19-6-5-18(23(31)33)22(32-36(34,35)17-3-1-16(29)2-4-17)21(19)24-10-13-7-14(11-24)9-15(8-13)20(24)12-30/h1-6,13-15,20,32H,7-11H2,(H2,31,33). The Labute approximate surface area is 220 Å². The third-order valence-corrected chi connectivity index (χ3v) is 10.2. The van der Waals surface area contributed by atoms with Crippen LogP contribution in [0.4, 0.5) is 18.9 Å². The van der Waals surface area contributed by atoms with Crippen LogP contribution in [0.1, 0.15) is 53.6 Å². The smallest absolute Gasteiger partial charge is 0.366 e. The number of alkyl halides is 3. The largest absolute Gasteiger partial charge is 0.416 e. The number of amides is 1. The van der Waals surface area contributed by atoms with Crippen molar-refractivity contribution < 1.29 is 26.4 Å². The first kappa shape index (κ1) is 25.3. The van der Waals surface area contributed by atoms with E-state index in [1.165, 1.54) is 12.1 Å². The molecule has 3 N–H and O–H groups in total. The third-order valence-electron chi connectivity index (χ3n) is 8.08. The third kappa shape index (κ3) is 4.06. The van der Waals surface area contributed by atoms with Crippen molar-refractivity contribution in [1.82, 2.24) is 0 Å². The fourth-order valence-electron chi connectivity index (χ4n) is 7.10. The Morgan fingerprint density at radius 2 is 1.69 bits per heavy atom. The van der Waals surface area contributed by atoms with Crippen LogP contribution in [0, 0.1) is 38.6 Å². The average Bonchev–Trinajstić information content (AvgIpc) is 2.77. The van der Waals surface area contributed by atoms with Crippen molar-refractivity contribution in [3.63, 3.8) is 0 Å². The van der Waals surface area contributed by atoms with E-state index in [0.29, 0.717) is 12.8 Å². The molecule has 36 heavy (non-hydrogen) atoms. The van der Waals surface area contributed by atoms with Gasteiger partial charge in [-0.15, -0.1) is 0 Å². The Morgan fingerprint density at radius 1 is 1.08 bits per heavy atom. The van der Waals surface area contributed by atoms with Crippen LogP contribution in [0.25, 0.3) is 0 Å². The molecule has 0 heterocycles.